The number of aliphatic carboxylic acids is 1. The molecule has 2 amide bonds. The van der Waals surface area contributed by atoms with Gasteiger partial charge in [-0.25, -0.2) is 4.79 Å². The van der Waals surface area contributed by atoms with Crippen LogP contribution in [0.4, 0.5) is 0 Å². The zero-order chi connectivity index (χ0) is 22.8. The number of hydrogen-bond acceptors (Lipinski definition) is 9. The number of thioether (sulfide) groups is 1. The fourth-order valence-electron chi connectivity index (χ4n) is 3.30. The summed E-state index contributed by atoms with van der Waals surface area (Å²) in [5, 5.41) is 23.5. The first-order valence-corrected chi connectivity index (χ1v) is 10.0. The number of amides is 2. The zero-order valence-corrected chi connectivity index (χ0v) is 17.3. The average molecular weight is 449 g/mol. The first-order chi connectivity index (χ1) is 14.8. The van der Waals surface area contributed by atoms with Crippen molar-refractivity contribution in [2.45, 2.75) is 18.0 Å². The fraction of sp³-hybridized carbons (Fsp3) is 0.316. The van der Waals surface area contributed by atoms with Gasteiger partial charge in [-0.1, -0.05) is 35.5 Å². The highest BCUT2D eigenvalue weighted by Gasteiger charge is 2.66. The smallest absolute Gasteiger partial charge is 0.352 e. The molecule has 11 nitrogen and oxygen atoms in total. The monoisotopic (exact) mass is 449 g/mol. The first-order valence-electron chi connectivity index (χ1n) is 8.96. The van der Waals surface area contributed by atoms with Gasteiger partial charge in [-0.3, -0.25) is 19.3 Å². The van der Waals surface area contributed by atoms with Gasteiger partial charge in [-0.05, 0) is 0 Å². The Bertz CT molecular complexity index is 993. The number of nitrogens with one attached hydrogen (secondary N) is 1. The van der Waals surface area contributed by atoms with Gasteiger partial charge in [0.1, 0.15) is 17.7 Å². The van der Waals surface area contributed by atoms with E-state index in [0.29, 0.717) is 5.56 Å². The predicted molar refractivity (Wildman–Crippen MR) is 107 cm³/mol. The molecule has 2 heterocycles. The molecule has 12 heteroatoms. The summed E-state index contributed by atoms with van der Waals surface area (Å²) in [5.74, 6) is -3.53. The second-order valence-electron chi connectivity index (χ2n) is 6.58. The number of benzene rings is 1. The summed E-state index contributed by atoms with van der Waals surface area (Å²) in [6, 6.07) is 8.09. The predicted octanol–water partition coefficient (Wildman–Crippen LogP) is 0.141. The lowest BCUT2D eigenvalue weighted by molar-refractivity contribution is -0.191. The lowest BCUT2D eigenvalue weighted by Gasteiger charge is -2.55. The molecule has 0 unspecified atom stereocenters. The minimum Gasteiger partial charge on any atom is -0.477 e. The third-order valence-corrected chi connectivity index (χ3v) is 6.12. The Kier molecular flexibility index (Phi) is 6.32. The molecule has 0 bridgehead atoms. The van der Waals surface area contributed by atoms with Crippen LogP contribution >= 0.6 is 11.8 Å². The maximum atomic E-state index is 13.0. The minimum absolute atomic E-state index is 0.129. The molecular formula is C19H19N3O8S. The number of methoxy groups -OCH3 is 1. The molecule has 1 aromatic rings. The molecule has 3 rings (SSSR count). The molecular weight excluding hydrogens is 430 g/mol. The Morgan fingerprint density at radius 1 is 1.32 bits per heavy atom. The van der Waals surface area contributed by atoms with Gasteiger partial charge in [0.05, 0.1) is 0 Å². The van der Waals surface area contributed by atoms with E-state index in [1.807, 2.05) is 0 Å². The fourth-order valence-corrected chi connectivity index (χ4v) is 4.72. The number of rotatable bonds is 7. The Morgan fingerprint density at radius 3 is 2.55 bits per heavy atom. The second-order valence-corrected chi connectivity index (χ2v) is 7.65. The molecule has 1 saturated heterocycles. The molecule has 0 aliphatic carbocycles. The molecule has 2 aliphatic heterocycles. The van der Waals surface area contributed by atoms with Crippen molar-refractivity contribution in [1.82, 2.24) is 10.2 Å². The van der Waals surface area contributed by atoms with Crippen molar-refractivity contribution < 1.29 is 39.0 Å². The quantitative estimate of drug-likeness (QED) is 0.132. The summed E-state index contributed by atoms with van der Waals surface area (Å²) < 4.78 is 10.2. The summed E-state index contributed by atoms with van der Waals surface area (Å²) in [6.07, 6.45) is 0. The maximum absolute atomic E-state index is 13.0. The lowest BCUT2D eigenvalue weighted by atomic mass is 9.97. The van der Waals surface area contributed by atoms with Crippen LogP contribution in [0.5, 0.6) is 0 Å². The molecule has 31 heavy (non-hydrogen) atoms. The second kappa shape index (κ2) is 8.78. The van der Waals surface area contributed by atoms with E-state index in [1.165, 1.54) is 14.0 Å². The van der Waals surface area contributed by atoms with Gasteiger partial charge >= 0.3 is 11.9 Å². The molecule has 0 spiro atoms. The Labute approximate surface area is 180 Å². The van der Waals surface area contributed by atoms with Crippen LogP contribution in [-0.4, -0.2) is 75.2 Å². The number of β-lactam (4-membered cyclic amide) rings is 1. The van der Waals surface area contributed by atoms with Crippen LogP contribution in [0, 0.1) is 0 Å². The van der Waals surface area contributed by atoms with E-state index in [-0.39, 0.29) is 29.3 Å². The van der Waals surface area contributed by atoms with Gasteiger partial charge in [0.25, 0.3) is 17.5 Å². The van der Waals surface area contributed by atoms with Crippen molar-refractivity contribution in [3.63, 3.8) is 0 Å². The Balaban J connectivity index is 1.88. The van der Waals surface area contributed by atoms with E-state index >= 15 is 0 Å². The summed E-state index contributed by atoms with van der Waals surface area (Å²) in [4.78, 5) is 49.7. The van der Waals surface area contributed by atoms with Crippen molar-refractivity contribution in [1.29, 1.82) is 0 Å². The van der Waals surface area contributed by atoms with Crippen LogP contribution in [-0.2, 0) is 28.7 Å². The molecule has 2 atom stereocenters. The zero-order valence-electron chi connectivity index (χ0n) is 16.5. The highest BCUT2D eigenvalue weighted by atomic mass is 32.2. The number of esters is 1. The van der Waals surface area contributed by atoms with E-state index in [1.54, 1.807) is 30.3 Å². The molecule has 0 radical (unpaired) electrons. The lowest BCUT2D eigenvalue weighted by Crippen LogP contribution is -2.81. The van der Waals surface area contributed by atoms with Crippen molar-refractivity contribution in [3.05, 3.63) is 47.2 Å². The van der Waals surface area contributed by atoms with Crippen molar-refractivity contribution in [2.75, 3.05) is 19.5 Å². The van der Waals surface area contributed by atoms with Gasteiger partial charge in [-0.2, -0.15) is 0 Å². The third kappa shape index (κ3) is 3.86. The number of carbonyl (C=O) groups excluding carboxylic acids is 3. The first kappa shape index (κ1) is 22.3. The molecule has 0 aromatic heterocycles. The van der Waals surface area contributed by atoms with E-state index in [2.05, 4.69) is 10.5 Å². The summed E-state index contributed by atoms with van der Waals surface area (Å²) in [5.41, 5.74) is -1.97. The van der Waals surface area contributed by atoms with Crippen LogP contribution in [0.2, 0.25) is 0 Å². The standard InChI is InChI=1S/C19H19N3O8S/c1-10(23)30-8-12-9-31-18-19(29-2,17(27)22(18)14(12)16(25)26)20-15(24)13(21-28)11-6-4-3-5-7-11/h3-7,18,28H,8-9H2,1-2H3,(H,20,24)(H,25,26)/t18-,19+/m1/s1. The van der Waals surface area contributed by atoms with Gasteiger partial charge < -0.3 is 25.1 Å². The van der Waals surface area contributed by atoms with Gasteiger partial charge in [0, 0.05) is 30.9 Å². The van der Waals surface area contributed by atoms with Gasteiger partial charge in [-0.15, -0.1) is 11.8 Å². The summed E-state index contributed by atoms with van der Waals surface area (Å²) >= 11 is 1.14. The Morgan fingerprint density at radius 2 is 2.00 bits per heavy atom. The van der Waals surface area contributed by atoms with Crippen molar-refractivity contribution in [2.24, 2.45) is 5.16 Å². The van der Waals surface area contributed by atoms with E-state index < -0.39 is 34.9 Å². The van der Waals surface area contributed by atoms with Crippen LogP contribution in [0.1, 0.15) is 12.5 Å². The average Bonchev–Trinajstić information content (AvgIpc) is 2.76. The van der Waals surface area contributed by atoms with Crippen molar-refractivity contribution in [3.8, 4) is 0 Å². The number of carbonyl (C=O) groups is 4. The summed E-state index contributed by atoms with van der Waals surface area (Å²) in [6.45, 7) is 0.912. The molecule has 164 valence electrons. The highest BCUT2D eigenvalue weighted by Crippen LogP contribution is 2.46. The van der Waals surface area contributed by atoms with Crippen LogP contribution < -0.4 is 5.32 Å². The van der Waals surface area contributed by atoms with Crippen molar-refractivity contribution >= 4 is 41.2 Å². The Hall–Kier alpha value is -3.38. The SMILES string of the molecule is CO[C@@]1(NC(=O)C(=NO)c2ccccc2)C(=O)N2C(C(=O)O)=C(COC(C)=O)CS[C@@H]21. The largest absolute Gasteiger partial charge is 0.477 e. The normalized spacial score (nSPS) is 23.0. The van der Waals surface area contributed by atoms with E-state index in [4.69, 9.17) is 9.47 Å². The van der Waals surface area contributed by atoms with Crippen LogP contribution in [0.3, 0.4) is 0 Å². The number of carboxylic acid groups (broad SMARTS) is 1. The molecule has 2 aliphatic rings. The molecule has 1 fully saturated rings. The number of hydrogen-bond donors (Lipinski definition) is 3. The number of fused-ring (bicyclic) bond motifs is 1. The van der Waals surface area contributed by atoms with Crippen LogP contribution in [0.15, 0.2) is 46.8 Å². The summed E-state index contributed by atoms with van der Waals surface area (Å²) in [7, 11) is 1.20. The minimum atomic E-state index is -1.86. The number of nitrogens with zero attached hydrogens (tertiary/aromatic N) is 2. The molecule has 3 N–H and O–H groups in total. The maximum Gasteiger partial charge on any atom is 0.352 e. The van der Waals surface area contributed by atoms with Gasteiger partial charge in [0.2, 0.25) is 0 Å². The van der Waals surface area contributed by atoms with E-state index in [0.717, 1.165) is 16.7 Å². The highest BCUT2D eigenvalue weighted by molar-refractivity contribution is 8.00. The third-order valence-electron chi connectivity index (χ3n) is 4.75. The number of carboxylic acids is 1. The van der Waals surface area contributed by atoms with Crippen LogP contribution in [0.25, 0.3) is 0 Å². The molecule has 1 aromatic carbocycles. The van der Waals surface area contributed by atoms with Gasteiger partial charge in [0.15, 0.2) is 5.71 Å². The topological polar surface area (TPSA) is 155 Å². The number of ether oxygens (including phenoxy) is 2. The molecule has 0 saturated carbocycles. The number of oxime groups is 1. The van der Waals surface area contributed by atoms with E-state index in [9.17, 15) is 29.5 Å².